The maximum absolute atomic E-state index is 12.9. The van der Waals surface area contributed by atoms with Gasteiger partial charge in [-0.3, -0.25) is 4.79 Å². The first kappa shape index (κ1) is 15.2. The third kappa shape index (κ3) is 2.70. The van der Waals surface area contributed by atoms with E-state index in [0.29, 0.717) is 35.0 Å². The fourth-order valence-electron chi connectivity index (χ4n) is 2.73. The van der Waals surface area contributed by atoms with Crippen LogP contribution in [-0.2, 0) is 6.42 Å². The molecule has 5 heteroatoms. The number of carbonyl (C=O) groups is 1. The molecule has 0 saturated heterocycles. The molecule has 5 nitrogen and oxygen atoms in total. The summed E-state index contributed by atoms with van der Waals surface area (Å²) in [5, 5.41) is 8.04. The summed E-state index contributed by atoms with van der Waals surface area (Å²) in [6, 6.07) is 7.61. The minimum Gasteiger partial charge on any atom is -0.419 e. The number of hydrogen-bond acceptors (Lipinski definition) is 4. The largest absolute Gasteiger partial charge is 0.419 e. The van der Waals surface area contributed by atoms with Crippen molar-refractivity contribution in [3.63, 3.8) is 0 Å². The highest BCUT2D eigenvalue weighted by atomic mass is 16.4. The Morgan fingerprint density at radius 2 is 2.00 bits per heavy atom. The Bertz CT molecular complexity index is 874. The van der Waals surface area contributed by atoms with Crippen LogP contribution in [0.15, 0.2) is 28.7 Å². The van der Waals surface area contributed by atoms with E-state index in [2.05, 4.69) is 15.2 Å². The number of hydrogen-bond donors (Lipinski definition) is 1. The van der Waals surface area contributed by atoms with E-state index >= 15 is 0 Å². The van der Waals surface area contributed by atoms with E-state index < -0.39 is 0 Å². The van der Waals surface area contributed by atoms with Gasteiger partial charge in [-0.15, -0.1) is 10.2 Å². The number of nitrogens with one attached hydrogen (secondary N) is 1. The third-order valence-corrected chi connectivity index (χ3v) is 3.93. The number of H-pyrrole nitrogens is 1. The van der Waals surface area contributed by atoms with Crippen molar-refractivity contribution in [1.29, 1.82) is 0 Å². The Labute approximate surface area is 134 Å². The van der Waals surface area contributed by atoms with E-state index in [1.807, 2.05) is 52.0 Å². The Balaban J connectivity index is 2.05. The highest BCUT2D eigenvalue weighted by Crippen LogP contribution is 2.28. The lowest BCUT2D eigenvalue weighted by molar-refractivity contribution is 0.103. The monoisotopic (exact) mass is 309 g/mol. The molecule has 0 fully saturated rings. The zero-order chi connectivity index (χ0) is 16.6. The van der Waals surface area contributed by atoms with Crippen LogP contribution in [0, 0.1) is 20.8 Å². The van der Waals surface area contributed by atoms with Crippen molar-refractivity contribution in [2.24, 2.45) is 0 Å². The first-order valence-electron chi connectivity index (χ1n) is 7.64. The van der Waals surface area contributed by atoms with Gasteiger partial charge in [0, 0.05) is 23.2 Å². The molecule has 118 valence electrons. The summed E-state index contributed by atoms with van der Waals surface area (Å²) in [7, 11) is 0. The van der Waals surface area contributed by atoms with Gasteiger partial charge in [0.15, 0.2) is 5.78 Å². The van der Waals surface area contributed by atoms with Crippen LogP contribution >= 0.6 is 0 Å². The van der Waals surface area contributed by atoms with Crippen molar-refractivity contribution < 1.29 is 9.21 Å². The average molecular weight is 309 g/mol. The van der Waals surface area contributed by atoms with Gasteiger partial charge in [-0.1, -0.05) is 30.7 Å². The minimum atomic E-state index is 0.00132. The molecule has 0 unspecified atom stereocenters. The number of carbonyl (C=O) groups excluding carboxylic acids is 1. The van der Waals surface area contributed by atoms with Gasteiger partial charge in [-0.25, -0.2) is 0 Å². The van der Waals surface area contributed by atoms with Crippen LogP contribution in [0.3, 0.4) is 0 Å². The summed E-state index contributed by atoms with van der Waals surface area (Å²) in [6.45, 7) is 7.72. The van der Waals surface area contributed by atoms with Crippen molar-refractivity contribution >= 4 is 5.78 Å². The van der Waals surface area contributed by atoms with Gasteiger partial charge in [-0.2, -0.15) is 0 Å². The Morgan fingerprint density at radius 1 is 1.22 bits per heavy atom. The number of rotatable bonds is 4. The van der Waals surface area contributed by atoms with Crippen LogP contribution in [0.25, 0.3) is 11.6 Å². The first-order valence-corrected chi connectivity index (χ1v) is 7.64. The van der Waals surface area contributed by atoms with E-state index in [4.69, 9.17) is 4.42 Å². The lowest BCUT2D eigenvalue weighted by Gasteiger charge is -2.03. The number of aryl methyl sites for hydroxylation is 3. The number of benzene rings is 1. The molecule has 0 aliphatic carbocycles. The molecule has 3 aromatic rings. The molecule has 0 radical (unpaired) electrons. The second-order valence-electron chi connectivity index (χ2n) is 5.68. The molecular formula is C18H19N3O2. The van der Waals surface area contributed by atoms with Gasteiger partial charge >= 0.3 is 0 Å². The van der Waals surface area contributed by atoms with Crippen LogP contribution in [0.4, 0.5) is 0 Å². The molecule has 3 rings (SSSR count). The van der Waals surface area contributed by atoms with E-state index in [9.17, 15) is 4.79 Å². The fraction of sp³-hybridized carbons (Fsp3) is 0.278. The van der Waals surface area contributed by atoms with Crippen LogP contribution in [-0.4, -0.2) is 21.0 Å². The van der Waals surface area contributed by atoms with Gasteiger partial charge in [0.25, 0.3) is 5.89 Å². The highest BCUT2D eigenvalue weighted by Gasteiger charge is 2.22. The Hall–Kier alpha value is -2.69. The maximum Gasteiger partial charge on any atom is 0.264 e. The molecule has 2 aromatic heterocycles. The molecule has 0 aliphatic rings. The molecule has 0 atom stereocenters. The highest BCUT2D eigenvalue weighted by molar-refractivity contribution is 6.11. The van der Waals surface area contributed by atoms with E-state index in [0.717, 1.165) is 16.8 Å². The summed E-state index contributed by atoms with van der Waals surface area (Å²) in [5.74, 6) is 1.00. The SMILES string of the molecule is CCc1nnc(-c2[nH]c(C)c(C(=O)c3cccc(C)c3)c2C)o1. The Kier molecular flexibility index (Phi) is 3.86. The van der Waals surface area contributed by atoms with Crippen LogP contribution < -0.4 is 0 Å². The van der Waals surface area contributed by atoms with Gasteiger partial charge in [-0.05, 0) is 32.4 Å². The number of nitrogens with zero attached hydrogens (tertiary/aromatic N) is 2. The standard InChI is InChI=1S/C18H19N3O2/c1-5-14-20-21-18(23-14)16-11(3)15(12(4)19-16)17(22)13-8-6-7-10(2)9-13/h6-9,19H,5H2,1-4H3. The van der Waals surface area contributed by atoms with Crippen molar-refractivity contribution in [2.75, 3.05) is 0 Å². The summed E-state index contributed by atoms with van der Waals surface area (Å²) in [5.41, 5.74) is 4.76. The topological polar surface area (TPSA) is 71.8 Å². The molecule has 23 heavy (non-hydrogen) atoms. The molecule has 0 saturated carbocycles. The van der Waals surface area contributed by atoms with E-state index in [-0.39, 0.29) is 5.78 Å². The third-order valence-electron chi connectivity index (χ3n) is 3.93. The smallest absolute Gasteiger partial charge is 0.264 e. The van der Waals surface area contributed by atoms with Crippen LogP contribution in [0.1, 0.15) is 45.6 Å². The lowest BCUT2D eigenvalue weighted by atomic mass is 9.98. The van der Waals surface area contributed by atoms with Gasteiger partial charge in [0.2, 0.25) is 5.89 Å². The summed E-state index contributed by atoms with van der Waals surface area (Å²) >= 11 is 0. The molecule has 2 heterocycles. The normalized spacial score (nSPS) is 11.0. The maximum atomic E-state index is 12.9. The molecule has 0 bridgehead atoms. The summed E-state index contributed by atoms with van der Waals surface area (Å²) in [6.07, 6.45) is 0.681. The first-order chi connectivity index (χ1) is 11.0. The fourth-order valence-corrected chi connectivity index (χ4v) is 2.73. The minimum absolute atomic E-state index is 0.00132. The molecule has 1 N–H and O–H groups in total. The summed E-state index contributed by atoms with van der Waals surface area (Å²) in [4.78, 5) is 16.1. The van der Waals surface area contributed by atoms with Crippen molar-refractivity contribution in [2.45, 2.75) is 34.1 Å². The number of aromatic nitrogens is 3. The quantitative estimate of drug-likeness (QED) is 0.744. The number of aromatic amines is 1. The van der Waals surface area contributed by atoms with Gasteiger partial charge in [0.1, 0.15) is 5.69 Å². The van der Waals surface area contributed by atoms with E-state index in [1.165, 1.54) is 0 Å². The number of ketones is 1. The Morgan fingerprint density at radius 3 is 2.65 bits per heavy atom. The zero-order valence-corrected chi connectivity index (χ0v) is 13.7. The average Bonchev–Trinajstić information content (AvgIpc) is 3.11. The molecular weight excluding hydrogens is 290 g/mol. The molecule has 0 aliphatic heterocycles. The molecule has 0 spiro atoms. The van der Waals surface area contributed by atoms with Crippen molar-refractivity contribution in [3.05, 3.63) is 58.1 Å². The second kappa shape index (κ2) is 5.83. The zero-order valence-electron chi connectivity index (χ0n) is 13.7. The lowest BCUT2D eigenvalue weighted by Crippen LogP contribution is -2.04. The van der Waals surface area contributed by atoms with Crippen LogP contribution in [0.2, 0.25) is 0 Å². The molecule has 1 aromatic carbocycles. The predicted molar refractivity (Wildman–Crippen MR) is 87.5 cm³/mol. The van der Waals surface area contributed by atoms with Crippen LogP contribution in [0.5, 0.6) is 0 Å². The van der Waals surface area contributed by atoms with Gasteiger partial charge < -0.3 is 9.40 Å². The summed E-state index contributed by atoms with van der Waals surface area (Å²) < 4.78 is 5.61. The predicted octanol–water partition coefficient (Wildman–Crippen LogP) is 3.78. The van der Waals surface area contributed by atoms with E-state index in [1.54, 1.807) is 0 Å². The molecule has 0 amide bonds. The second-order valence-corrected chi connectivity index (χ2v) is 5.68. The van der Waals surface area contributed by atoms with Crippen molar-refractivity contribution in [1.82, 2.24) is 15.2 Å². The van der Waals surface area contributed by atoms with Crippen molar-refractivity contribution in [3.8, 4) is 11.6 Å². The van der Waals surface area contributed by atoms with Gasteiger partial charge in [0.05, 0.1) is 0 Å².